The number of hydrogen-bond acceptors (Lipinski definition) is 6. The zero-order valence-electron chi connectivity index (χ0n) is 14.3. The second kappa shape index (κ2) is 7.09. The Hall–Kier alpha value is -2.00. The third-order valence-electron chi connectivity index (χ3n) is 4.04. The minimum Gasteiger partial charge on any atom is -0.351 e. The van der Waals surface area contributed by atoms with E-state index in [0.717, 1.165) is 36.9 Å². The molecule has 25 heavy (non-hydrogen) atoms. The number of sulfonamides is 1. The summed E-state index contributed by atoms with van der Waals surface area (Å²) < 4.78 is 29.8. The number of nitrogens with one attached hydrogen (secondary N) is 2. The Labute approximate surface area is 146 Å². The van der Waals surface area contributed by atoms with Crippen molar-refractivity contribution in [1.82, 2.24) is 20.2 Å². The maximum Gasteiger partial charge on any atom is 0.259 e. The standard InChI is InChI=1S/C16H22N4O4S/c1-3-4-12-14-11(15(21)17-7-8-18-25(2,22)23)9-13(10-5-6-10)19-16(14)24-20-12/h9-10,18H,3-8H2,1-2H3,(H,17,21). The lowest BCUT2D eigenvalue weighted by atomic mass is 10.1. The summed E-state index contributed by atoms with van der Waals surface area (Å²) in [5.41, 5.74) is 2.47. The van der Waals surface area contributed by atoms with Crippen LogP contribution in [0.25, 0.3) is 11.1 Å². The molecular formula is C16H22N4O4S. The molecule has 0 atom stereocenters. The van der Waals surface area contributed by atoms with Crippen LogP contribution >= 0.6 is 0 Å². The van der Waals surface area contributed by atoms with E-state index in [9.17, 15) is 13.2 Å². The summed E-state index contributed by atoms with van der Waals surface area (Å²) >= 11 is 0. The highest BCUT2D eigenvalue weighted by molar-refractivity contribution is 7.88. The Balaban J connectivity index is 1.84. The minimum absolute atomic E-state index is 0.139. The molecule has 0 unspecified atom stereocenters. The summed E-state index contributed by atoms with van der Waals surface area (Å²) in [6, 6.07) is 1.82. The molecule has 1 fully saturated rings. The van der Waals surface area contributed by atoms with E-state index in [2.05, 4.69) is 20.2 Å². The lowest BCUT2D eigenvalue weighted by molar-refractivity contribution is 0.0955. The van der Waals surface area contributed by atoms with Crippen molar-refractivity contribution in [2.45, 2.75) is 38.5 Å². The van der Waals surface area contributed by atoms with Crippen LogP contribution in [0.15, 0.2) is 10.6 Å². The molecule has 136 valence electrons. The maximum atomic E-state index is 12.6. The van der Waals surface area contributed by atoms with Gasteiger partial charge in [-0.25, -0.2) is 18.1 Å². The number of amides is 1. The summed E-state index contributed by atoms with van der Waals surface area (Å²) in [6.07, 6.45) is 4.79. The highest BCUT2D eigenvalue weighted by Gasteiger charge is 2.29. The quantitative estimate of drug-likeness (QED) is 0.681. The van der Waals surface area contributed by atoms with Crippen LogP contribution in [-0.4, -0.2) is 43.8 Å². The van der Waals surface area contributed by atoms with Crippen LogP contribution in [0.5, 0.6) is 0 Å². The summed E-state index contributed by atoms with van der Waals surface area (Å²) in [7, 11) is -3.27. The Morgan fingerprint density at radius 3 is 2.76 bits per heavy atom. The van der Waals surface area contributed by atoms with Crippen molar-refractivity contribution < 1.29 is 17.7 Å². The Morgan fingerprint density at radius 1 is 1.36 bits per heavy atom. The number of aryl methyl sites for hydroxylation is 1. The smallest absolute Gasteiger partial charge is 0.259 e. The molecule has 0 saturated heterocycles. The first kappa shape index (κ1) is 17.8. The molecule has 2 heterocycles. The first-order valence-corrected chi connectivity index (χ1v) is 10.3. The van der Waals surface area contributed by atoms with E-state index in [1.807, 2.05) is 13.0 Å². The van der Waals surface area contributed by atoms with Crippen molar-refractivity contribution in [3.05, 3.63) is 23.0 Å². The largest absolute Gasteiger partial charge is 0.351 e. The van der Waals surface area contributed by atoms with Crippen molar-refractivity contribution in [2.24, 2.45) is 0 Å². The molecule has 2 N–H and O–H groups in total. The van der Waals surface area contributed by atoms with E-state index in [4.69, 9.17) is 4.52 Å². The SMILES string of the molecule is CCCc1noc2nc(C3CC3)cc(C(=O)NCCNS(C)(=O)=O)c12. The second-order valence-electron chi connectivity index (χ2n) is 6.35. The molecule has 1 aliphatic rings. The summed E-state index contributed by atoms with van der Waals surface area (Å²) in [5, 5.41) is 7.47. The van der Waals surface area contributed by atoms with E-state index in [-0.39, 0.29) is 19.0 Å². The Morgan fingerprint density at radius 2 is 2.12 bits per heavy atom. The predicted molar refractivity (Wildman–Crippen MR) is 93.0 cm³/mol. The van der Waals surface area contributed by atoms with Gasteiger partial charge in [-0.05, 0) is 25.3 Å². The number of carbonyl (C=O) groups excluding carboxylic acids is 1. The Bertz CT molecular complexity index is 887. The van der Waals surface area contributed by atoms with Gasteiger partial charge in [-0.3, -0.25) is 4.79 Å². The molecule has 1 saturated carbocycles. The van der Waals surface area contributed by atoms with E-state index < -0.39 is 10.0 Å². The predicted octanol–water partition coefficient (Wildman–Crippen LogP) is 1.33. The van der Waals surface area contributed by atoms with Crippen LogP contribution in [0.1, 0.15) is 53.8 Å². The summed E-state index contributed by atoms with van der Waals surface area (Å²) in [4.78, 5) is 17.2. The van der Waals surface area contributed by atoms with Crippen molar-refractivity contribution >= 4 is 27.0 Å². The van der Waals surface area contributed by atoms with Gasteiger partial charge in [-0.2, -0.15) is 0 Å². The fourth-order valence-electron chi connectivity index (χ4n) is 2.71. The molecule has 8 nitrogen and oxygen atoms in total. The second-order valence-corrected chi connectivity index (χ2v) is 8.18. The van der Waals surface area contributed by atoms with Gasteiger partial charge in [-0.15, -0.1) is 0 Å². The van der Waals surface area contributed by atoms with Crippen LogP contribution in [0.3, 0.4) is 0 Å². The minimum atomic E-state index is -3.27. The first-order chi connectivity index (χ1) is 11.9. The van der Waals surface area contributed by atoms with E-state index in [1.54, 1.807) is 0 Å². The number of carbonyl (C=O) groups is 1. The summed E-state index contributed by atoms with van der Waals surface area (Å²) in [6.45, 7) is 2.37. The monoisotopic (exact) mass is 366 g/mol. The highest BCUT2D eigenvalue weighted by atomic mass is 32.2. The van der Waals surface area contributed by atoms with Gasteiger partial charge in [0.15, 0.2) is 0 Å². The van der Waals surface area contributed by atoms with Crippen molar-refractivity contribution in [3.63, 3.8) is 0 Å². The van der Waals surface area contributed by atoms with E-state index >= 15 is 0 Å². The van der Waals surface area contributed by atoms with Crippen LogP contribution in [0.4, 0.5) is 0 Å². The lowest BCUT2D eigenvalue weighted by Crippen LogP contribution is -2.34. The molecule has 2 aromatic heterocycles. The van der Waals surface area contributed by atoms with Gasteiger partial charge in [0.2, 0.25) is 10.0 Å². The average Bonchev–Trinajstić information content (AvgIpc) is 3.32. The van der Waals surface area contributed by atoms with Gasteiger partial charge in [0.1, 0.15) is 0 Å². The normalized spacial score (nSPS) is 14.8. The molecule has 1 amide bonds. The van der Waals surface area contributed by atoms with Crippen molar-refractivity contribution in [1.29, 1.82) is 0 Å². The van der Waals surface area contributed by atoms with E-state index in [0.29, 0.717) is 29.0 Å². The van der Waals surface area contributed by atoms with Crippen LogP contribution < -0.4 is 10.0 Å². The number of fused-ring (bicyclic) bond motifs is 1. The highest BCUT2D eigenvalue weighted by Crippen LogP contribution is 2.40. The molecule has 0 radical (unpaired) electrons. The first-order valence-electron chi connectivity index (χ1n) is 8.41. The molecule has 0 aliphatic heterocycles. The molecule has 0 spiro atoms. The number of hydrogen-bond donors (Lipinski definition) is 2. The molecule has 0 aromatic carbocycles. The lowest BCUT2D eigenvalue weighted by Gasteiger charge is -2.08. The van der Waals surface area contributed by atoms with E-state index in [1.165, 1.54) is 0 Å². The molecule has 1 aliphatic carbocycles. The molecule has 0 bridgehead atoms. The number of nitrogens with zero attached hydrogens (tertiary/aromatic N) is 2. The number of aromatic nitrogens is 2. The zero-order chi connectivity index (χ0) is 18.0. The van der Waals surface area contributed by atoms with Gasteiger partial charge >= 0.3 is 0 Å². The maximum absolute atomic E-state index is 12.6. The third-order valence-corrected chi connectivity index (χ3v) is 4.77. The van der Waals surface area contributed by atoms with Crippen LogP contribution in [0.2, 0.25) is 0 Å². The zero-order valence-corrected chi connectivity index (χ0v) is 15.1. The number of pyridine rings is 1. The molecule has 2 aromatic rings. The van der Waals surface area contributed by atoms with Gasteiger partial charge in [-0.1, -0.05) is 18.5 Å². The fourth-order valence-corrected chi connectivity index (χ4v) is 3.18. The fraction of sp³-hybridized carbons (Fsp3) is 0.562. The van der Waals surface area contributed by atoms with Crippen LogP contribution in [0, 0.1) is 0 Å². The molecular weight excluding hydrogens is 344 g/mol. The van der Waals surface area contributed by atoms with Gasteiger partial charge < -0.3 is 9.84 Å². The average molecular weight is 366 g/mol. The van der Waals surface area contributed by atoms with Gasteiger partial charge in [0.05, 0.1) is 22.9 Å². The van der Waals surface area contributed by atoms with Crippen molar-refractivity contribution in [2.75, 3.05) is 19.3 Å². The Kier molecular flexibility index (Phi) is 5.05. The molecule has 3 rings (SSSR count). The van der Waals surface area contributed by atoms with Gasteiger partial charge in [0, 0.05) is 24.7 Å². The van der Waals surface area contributed by atoms with Crippen LogP contribution in [-0.2, 0) is 16.4 Å². The van der Waals surface area contributed by atoms with Crippen molar-refractivity contribution in [3.8, 4) is 0 Å². The van der Waals surface area contributed by atoms with Gasteiger partial charge in [0.25, 0.3) is 11.6 Å². The third kappa shape index (κ3) is 4.35. The molecule has 9 heteroatoms. The summed E-state index contributed by atoms with van der Waals surface area (Å²) in [5.74, 6) is 0.104. The number of rotatable bonds is 8. The topological polar surface area (TPSA) is 114 Å².